The maximum absolute atomic E-state index is 11.7. The Morgan fingerprint density at radius 1 is 1.37 bits per heavy atom. The molecule has 3 nitrogen and oxygen atoms in total. The molecule has 1 heterocycles. The molecule has 1 aromatic carbocycles. The molecule has 0 spiro atoms. The van der Waals surface area contributed by atoms with Crippen molar-refractivity contribution in [3.05, 3.63) is 42.0 Å². The minimum absolute atomic E-state index is 0. The Morgan fingerprint density at radius 3 is 2.79 bits per heavy atom. The van der Waals surface area contributed by atoms with Crippen LogP contribution in [0.15, 0.2) is 36.4 Å². The van der Waals surface area contributed by atoms with Gasteiger partial charge in [-0.25, -0.2) is 4.79 Å². The van der Waals surface area contributed by atoms with Crippen molar-refractivity contribution in [2.45, 2.75) is 18.9 Å². The van der Waals surface area contributed by atoms with Crippen LogP contribution >= 0.6 is 12.4 Å². The van der Waals surface area contributed by atoms with Crippen LogP contribution in [-0.2, 0) is 9.53 Å². The average Bonchev–Trinajstić information content (AvgIpc) is 2.38. The number of benzene rings is 1. The summed E-state index contributed by atoms with van der Waals surface area (Å²) < 4.78 is 5.42. The highest BCUT2D eigenvalue weighted by atomic mass is 35.5. The van der Waals surface area contributed by atoms with Crippen molar-refractivity contribution in [1.82, 2.24) is 4.90 Å². The highest BCUT2D eigenvalue weighted by molar-refractivity contribution is 5.87. The monoisotopic (exact) mass is 281 g/mol. The molecule has 2 rings (SSSR count). The molecule has 0 bridgehead atoms. The summed E-state index contributed by atoms with van der Waals surface area (Å²) in [5.74, 6) is -0.251. The summed E-state index contributed by atoms with van der Waals surface area (Å²) >= 11 is 0. The van der Waals surface area contributed by atoms with Gasteiger partial charge in [-0.05, 0) is 38.1 Å². The zero-order valence-corrected chi connectivity index (χ0v) is 11.9. The Hall–Kier alpha value is -1.32. The van der Waals surface area contributed by atoms with Crippen molar-refractivity contribution in [3.63, 3.8) is 0 Å². The maximum Gasteiger partial charge on any atom is 0.331 e. The Morgan fingerprint density at radius 2 is 2.11 bits per heavy atom. The molecule has 1 aliphatic rings. The maximum atomic E-state index is 11.7. The van der Waals surface area contributed by atoms with E-state index in [0.717, 1.165) is 31.5 Å². The summed E-state index contributed by atoms with van der Waals surface area (Å²) in [5, 5.41) is 0. The van der Waals surface area contributed by atoms with Gasteiger partial charge in [0.1, 0.15) is 6.10 Å². The molecule has 1 unspecified atom stereocenters. The van der Waals surface area contributed by atoms with E-state index < -0.39 is 0 Å². The molecule has 1 aliphatic heterocycles. The topological polar surface area (TPSA) is 29.5 Å². The molecule has 1 fully saturated rings. The zero-order valence-electron chi connectivity index (χ0n) is 11.1. The summed E-state index contributed by atoms with van der Waals surface area (Å²) in [7, 11) is 2.06. The third-order valence-electron chi connectivity index (χ3n) is 3.08. The molecule has 4 heteroatoms. The van der Waals surface area contributed by atoms with Gasteiger partial charge in [0.2, 0.25) is 0 Å². The summed E-state index contributed by atoms with van der Waals surface area (Å²) in [4.78, 5) is 13.9. The number of ether oxygens (including phenoxy) is 1. The highest BCUT2D eigenvalue weighted by Gasteiger charge is 2.19. The Kier molecular flexibility index (Phi) is 6.60. The first-order valence-electron chi connectivity index (χ1n) is 6.36. The minimum Gasteiger partial charge on any atom is -0.458 e. The lowest BCUT2D eigenvalue weighted by Gasteiger charge is -2.28. The zero-order chi connectivity index (χ0) is 12.8. The average molecular weight is 282 g/mol. The second-order valence-corrected chi connectivity index (χ2v) is 4.71. The van der Waals surface area contributed by atoms with Gasteiger partial charge in [-0.1, -0.05) is 30.3 Å². The van der Waals surface area contributed by atoms with Gasteiger partial charge in [-0.3, -0.25) is 0 Å². The standard InChI is InChI=1S/C15H19NO2.ClH/c1-16-11-5-8-14(12-16)18-15(17)10-9-13-6-3-2-4-7-13;/h2-4,6-7,9-10,14H,5,8,11-12H2,1H3;1H. The normalized spacial score (nSPS) is 19.9. The summed E-state index contributed by atoms with van der Waals surface area (Å²) in [6.45, 7) is 1.93. The van der Waals surface area contributed by atoms with Crippen LogP contribution in [-0.4, -0.2) is 37.1 Å². The van der Waals surface area contributed by atoms with Crippen LogP contribution in [0, 0.1) is 0 Å². The van der Waals surface area contributed by atoms with Crippen LogP contribution in [0.1, 0.15) is 18.4 Å². The molecule has 1 aromatic rings. The number of nitrogens with zero attached hydrogens (tertiary/aromatic N) is 1. The molecule has 104 valence electrons. The SMILES string of the molecule is CN1CCCC(OC(=O)C=Cc2ccccc2)C1.Cl. The van der Waals surface area contributed by atoms with E-state index in [1.807, 2.05) is 30.3 Å². The minimum atomic E-state index is -0.251. The largest absolute Gasteiger partial charge is 0.458 e. The van der Waals surface area contributed by atoms with E-state index in [-0.39, 0.29) is 24.5 Å². The number of esters is 1. The quantitative estimate of drug-likeness (QED) is 0.630. The first-order valence-corrected chi connectivity index (χ1v) is 6.36. The van der Waals surface area contributed by atoms with Crippen molar-refractivity contribution in [2.24, 2.45) is 0 Å². The van der Waals surface area contributed by atoms with Crippen molar-refractivity contribution in [2.75, 3.05) is 20.1 Å². The van der Waals surface area contributed by atoms with Gasteiger partial charge in [0.15, 0.2) is 0 Å². The van der Waals surface area contributed by atoms with E-state index in [9.17, 15) is 4.79 Å². The Labute approximate surface area is 120 Å². The number of hydrogen-bond donors (Lipinski definition) is 0. The summed E-state index contributed by atoms with van der Waals surface area (Å²) in [5.41, 5.74) is 1.01. The van der Waals surface area contributed by atoms with Crippen LogP contribution in [0.2, 0.25) is 0 Å². The number of piperidine rings is 1. The lowest BCUT2D eigenvalue weighted by atomic mass is 10.1. The van der Waals surface area contributed by atoms with Crippen molar-refractivity contribution in [3.8, 4) is 0 Å². The number of carbonyl (C=O) groups excluding carboxylic acids is 1. The molecule has 1 atom stereocenters. The lowest BCUT2D eigenvalue weighted by Crippen LogP contribution is -2.37. The molecule has 0 aliphatic carbocycles. The van der Waals surface area contributed by atoms with Gasteiger partial charge in [-0.15, -0.1) is 12.4 Å². The first kappa shape index (κ1) is 15.7. The van der Waals surface area contributed by atoms with E-state index in [1.54, 1.807) is 6.08 Å². The van der Waals surface area contributed by atoms with Crippen molar-refractivity contribution < 1.29 is 9.53 Å². The smallest absolute Gasteiger partial charge is 0.331 e. The number of carbonyl (C=O) groups is 1. The van der Waals surface area contributed by atoms with E-state index in [0.29, 0.717) is 0 Å². The van der Waals surface area contributed by atoms with E-state index >= 15 is 0 Å². The second kappa shape index (κ2) is 7.97. The number of likely N-dealkylation sites (N-methyl/N-ethyl adjacent to an activating group) is 1. The van der Waals surface area contributed by atoms with E-state index in [1.165, 1.54) is 6.08 Å². The van der Waals surface area contributed by atoms with Crippen LogP contribution in [0.25, 0.3) is 6.08 Å². The van der Waals surface area contributed by atoms with Gasteiger partial charge in [0, 0.05) is 12.6 Å². The number of halogens is 1. The molecule has 1 saturated heterocycles. The van der Waals surface area contributed by atoms with Gasteiger partial charge in [-0.2, -0.15) is 0 Å². The summed E-state index contributed by atoms with van der Waals surface area (Å²) in [6.07, 6.45) is 5.39. The lowest BCUT2D eigenvalue weighted by molar-refractivity contribution is -0.145. The molecule has 0 radical (unpaired) electrons. The van der Waals surface area contributed by atoms with Gasteiger partial charge in [0.05, 0.1) is 0 Å². The predicted octanol–water partition coefficient (Wildman–Crippen LogP) is 2.76. The number of rotatable bonds is 3. The fourth-order valence-electron chi connectivity index (χ4n) is 2.15. The molecular weight excluding hydrogens is 262 g/mol. The first-order chi connectivity index (χ1) is 8.74. The third-order valence-corrected chi connectivity index (χ3v) is 3.08. The van der Waals surface area contributed by atoms with Crippen LogP contribution in [0.4, 0.5) is 0 Å². The summed E-state index contributed by atoms with van der Waals surface area (Å²) in [6, 6.07) is 9.76. The molecule has 19 heavy (non-hydrogen) atoms. The molecule has 0 aromatic heterocycles. The fraction of sp³-hybridized carbons (Fsp3) is 0.400. The van der Waals surface area contributed by atoms with Crippen LogP contribution in [0.5, 0.6) is 0 Å². The molecule has 0 amide bonds. The molecule has 0 N–H and O–H groups in total. The molecular formula is C15H20ClNO2. The number of hydrogen-bond acceptors (Lipinski definition) is 3. The van der Waals surface area contributed by atoms with Gasteiger partial charge < -0.3 is 9.64 Å². The fourth-order valence-corrected chi connectivity index (χ4v) is 2.15. The third kappa shape index (κ3) is 5.45. The molecule has 0 saturated carbocycles. The van der Waals surface area contributed by atoms with Crippen LogP contribution in [0.3, 0.4) is 0 Å². The van der Waals surface area contributed by atoms with Gasteiger partial charge in [0.25, 0.3) is 0 Å². The van der Waals surface area contributed by atoms with Crippen LogP contribution < -0.4 is 0 Å². The van der Waals surface area contributed by atoms with Crippen molar-refractivity contribution >= 4 is 24.5 Å². The highest BCUT2D eigenvalue weighted by Crippen LogP contribution is 2.12. The Bertz CT molecular complexity index is 419. The van der Waals surface area contributed by atoms with Gasteiger partial charge >= 0.3 is 5.97 Å². The Balaban J connectivity index is 0.00000180. The van der Waals surface area contributed by atoms with Crippen molar-refractivity contribution in [1.29, 1.82) is 0 Å². The van der Waals surface area contributed by atoms with E-state index in [2.05, 4.69) is 11.9 Å². The second-order valence-electron chi connectivity index (χ2n) is 4.71. The van der Waals surface area contributed by atoms with E-state index in [4.69, 9.17) is 4.74 Å². The predicted molar refractivity (Wildman–Crippen MR) is 79.3 cm³/mol. The number of likely N-dealkylation sites (tertiary alicyclic amines) is 1.